The van der Waals surface area contributed by atoms with Gasteiger partial charge in [-0.3, -0.25) is 4.98 Å². The van der Waals surface area contributed by atoms with Crippen molar-refractivity contribution in [3.8, 4) is 0 Å². The molecule has 0 bridgehead atoms. The smallest absolute Gasteiger partial charge is 0.222 e. The van der Waals surface area contributed by atoms with Crippen molar-refractivity contribution in [3.63, 3.8) is 0 Å². The van der Waals surface area contributed by atoms with E-state index in [0.717, 1.165) is 27.5 Å². The van der Waals surface area contributed by atoms with Gasteiger partial charge in [0.25, 0.3) is 0 Å². The molecule has 106 valence electrons. The zero-order valence-corrected chi connectivity index (χ0v) is 11.7. The lowest BCUT2D eigenvalue weighted by molar-refractivity contribution is 1.21. The number of nitrogens with zero attached hydrogens (tertiary/aromatic N) is 3. The summed E-state index contributed by atoms with van der Waals surface area (Å²) in [5.41, 5.74) is 6.70. The highest BCUT2D eigenvalue weighted by Gasteiger charge is 2.01. The minimum Gasteiger partial charge on any atom is -0.323 e. The number of imidazole rings is 1. The van der Waals surface area contributed by atoms with E-state index in [4.69, 9.17) is 0 Å². The quantitative estimate of drug-likeness (QED) is 0.447. The van der Waals surface area contributed by atoms with Gasteiger partial charge in [0.2, 0.25) is 5.95 Å². The molecular formula is C17H13N5. The first kappa shape index (κ1) is 12.5. The predicted octanol–water partition coefficient (Wildman–Crippen LogP) is 3.56. The molecule has 0 saturated carbocycles. The molecule has 0 aliphatic heterocycles. The number of fused-ring (bicyclic) bond motifs is 2. The molecule has 0 saturated heterocycles. The van der Waals surface area contributed by atoms with E-state index in [9.17, 15) is 0 Å². The molecule has 0 aliphatic carbocycles. The summed E-state index contributed by atoms with van der Waals surface area (Å²) >= 11 is 0. The van der Waals surface area contributed by atoms with Gasteiger partial charge >= 0.3 is 0 Å². The lowest BCUT2D eigenvalue weighted by Gasteiger charge is -2.00. The second-order valence-electron chi connectivity index (χ2n) is 4.89. The van der Waals surface area contributed by atoms with Crippen molar-refractivity contribution in [2.24, 2.45) is 5.10 Å². The Morgan fingerprint density at radius 3 is 2.86 bits per heavy atom. The number of hydrazone groups is 1. The van der Waals surface area contributed by atoms with Crippen molar-refractivity contribution in [3.05, 3.63) is 66.4 Å². The summed E-state index contributed by atoms with van der Waals surface area (Å²) in [5.74, 6) is 0.616. The van der Waals surface area contributed by atoms with Crippen LogP contribution in [0.5, 0.6) is 0 Å². The number of hydrogen-bond acceptors (Lipinski definition) is 4. The Bertz CT molecular complexity index is 933. The Morgan fingerprint density at radius 2 is 1.91 bits per heavy atom. The summed E-state index contributed by atoms with van der Waals surface area (Å²) in [4.78, 5) is 12.0. The molecule has 4 aromatic rings. The summed E-state index contributed by atoms with van der Waals surface area (Å²) in [5, 5.41) is 5.34. The zero-order chi connectivity index (χ0) is 14.8. The number of nitrogens with one attached hydrogen (secondary N) is 2. The third kappa shape index (κ3) is 2.29. The summed E-state index contributed by atoms with van der Waals surface area (Å²) in [6.45, 7) is 0. The largest absolute Gasteiger partial charge is 0.323 e. The molecule has 0 spiro atoms. The molecule has 2 heterocycles. The van der Waals surface area contributed by atoms with E-state index < -0.39 is 0 Å². The molecule has 4 rings (SSSR count). The van der Waals surface area contributed by atoms with Gasteiger partial charge in [0, 0.05) is 17.1 Å². The lowest BCUT2D eigenvalue weighted by atomic mass is 10.1. The summed E-state index contributed by atoms with van der Waals surface area (Å²) in [6.07, 6.45) is 3.54. The molecule has 0 unspecified atom stereocenters. The predicted molar refractivity (Wildman–Crippen MR) is 89.1 cm³/mol. The van der Waals surface area contributed by atoms with E-state index in [1.807, 2.05) is 54.6 Å². The van der Waals surface area contributed by atoms with Crippen LogP contribution >= 0.6 is 0 Å². The molecule has 5 heteroatoms. The average Bonchev–Trinajstić information content (AvgIpc) is 2.98. The number of pyridine rings is 1. The molecule has 5 nitrogen and oxygen atoms in total. The molecule has 2 N–H and O–H groups in total. The fourth-order valence-corrected chi connectivity index (χ4v) is 2.40. The number of para-hydroxylation sites is 3. The van der Waals surface area contributed by atoms with Crippen molar-refractivity contribution in [1.29, 1.82) is 0 Å². The van der Waals surface area contributed by atoms with Crippen molar-refractivity contribution in [1.82, 2.24) is 15.0 Å². The van der Waals surface area contributed by atoms with E-state index >= 15 is 0 Å². The number of anilines is 1. The van der Waals surface area contributed by atoms with Crippen LogP contribution in [0, 0.1) is 0 Å². The van der Waals surface area contributed by atoms with Gasteiger partial charge in [0.1, 0.15) is 0 Å². The summed E-state index contributed by atoms with van der Waals surface area (Å²) in [6, 6.07) is 17.8. The number of aromatic amines is 1. The van der Waals surface area contributed by atoms with Crippen LogP contribution in [0.4, 0.5) is 5.95 Å². The third-order valence-corrected chi connectivity index (χ3v) is 3.43. The van der Waals surface area contributed by atoms with E-state index in [1.165, 1.54) is 0 Å². The lowest BCUT2D eigenvalue weighted by Crippen LogP contribution is -1.93. The standard InChI is InChI=1S/C17H13N5/c1-2-9-15-14(8-1)20-17(21-15)22-19-11-13-6-3-5-12-7-4-10-18-16(12)13/h1-11H,(H2,20,21,22)/b19-11-. The van der Waals surface area contributed by atoms with Crippen LogP contribution in [0.25, 0.3) is 21.9 Å². The fourth-order valence-electron chi connectivity index (χ4n) is 2.40. The van der Waals surface area contributed by atoms with E-state index in [1.54, 1.807) is 12.4 Å². The van der Waals surface area contributed by atoms with Crippen LogP contribution in [0.3, 0.4) is 0 Å². The highest BCUT2D eigenvalue weighted by molar-refractivity contribution is 5.97. The van der Waals surface area contributed by atoms with Gasteiger partial charge in [0.05, 0.1) is 22.8 Å². The number of aromatic nitrogens is 3. The Kier molecular flexibility index (Phi) is 3.01. The topological polar surface area (TPSA) is 66.0 Å². The first-order valence-corrected chi connectivity index (χ1v) is 6.98. The normalized spacial score (nSPS) is 11.5. The minimum absolute atomic E-state index is 0.616. The first-order chi connectivity index (χ1) is 10.9. The first-order valence-electron chi connectivity index (χ1n) is 6.98. The van der Waals surface area contributed by atoms with E-state index in [2.05, 4.69) is 25.5 Å². The van der Waals surface area contributed by atoms with Crippen molar-refractivity contribution in [2.75, 3.05) is 5.43 Å². The number of benzene rings is 2. The number of rotatable bonds is 3. The van der Waals surface area contributed by atoms with Gasteiger partial charge in [0.15, 0.2) is 0 Å². The maximum Gasteiger partial charge on any atom is 0.222 e. The van der Waals surface area contributed by atoms with Crippen LogP contribution in [0.2, 0.25) is 0 Å². The maximum absolute atomic E-state index is 4.41. The van der Waals surface area contributed by atoms with E-state index in [-0.39, 0.29) is 0 Å². The Labute approximate surface area is 126 Å². The molecule has 0 aliphatic rings. The van der Waals surface area contributed by atoms with E-state index in [0.29, 0.717) is 5.95 Å². The van der Waals surface area contributed by atoms with Gasteiger partial charge < -0.3 is 4.98 Å². The Balaban J connectivity index is 1.61. The van der Waals surface area contributed by atoms with Crippen LogP contribution in [0.15, 0.2) is 65.9 Å². The number of hydrogen-bond donors (Lipinski definition) is 2. The average molecular weight is 287 g/mol. The minimum atomic E-state index is 0.616. The highest BCUT2D eigenvalue weighted by atomic mass is 15.3. The Morgan fingerprint density at radius 1 is 1.00 bits per heavy atom. The molecule has 0 amide bonds. The second kappa shape index (κ2) is 5.29. The van der Waals surface area contributed by atoms with Crippen LogP contribution in [-0.4, -0.2) is 21.2 Å². The maximum atomic E-state index is 4.41. The second-order valence-corrected chi connectivity index (χ2v) is 4.89. The van der Waals surface area contributed by atoms with Crippen LogP contribution in [0.1, 0.15) is 5.56 Å². The summed E-state index contributed by atoms with van der Waals surface area (Å²) < 4.78 is 0. The molecule has 0 fully saturated rings. The summed E-state index contributed by atoms with van der Waals surface area (Å²) in [7, 11) is 0. The van der Waals surface area contributed by atoms with Gasteiger partial charge in [-0.15, -0.1) is 0 Å². The molecule has 2 aromatic heterocycles. The van der Waals surface area contributed by atoms with Gasteiger partial charge in [-0.1, -0.05) is 36.4 Å². The third-order valence-electron chi connectivity index (χ3n) is 3.43. The van der Waals surface area contributed by atoms with Crippen LogP contribution < -0.4 is 5.43 Å². The fraction of sp³-hybridized carbons (Fsp3) is 0. The van der Waals surface area contributed by atoms with Crippen LogP contribution in [-0.2, 0) is 0 Å². The SMILES string of the molecule is C(=N/Nc1nc2ccccc2[nH]1)/c1cccc2cccnc12. The van der Waals surface area contributed by atoms with Crippen molar-refractivity contribution < 1.29 is 0 Å². The molecule has 2 aromatic carbocycles. The van der Waals surface area contributed by atoms with Crippen molar-refractivity contribution >= 4 is 34.1 Å². The van der Waals surface area contributed by atoms with Crippen molar-refractivity contribution in [2.45, 2.75) is 0 Å². The molecule has 22 heavy (non-hydrogen) atoms. The van der Waals surface area contributed by atoms with Gasteiger partial charge in [-0.05, 0) is 18.2 Å². The monoisotopic (exact) mass is 287 g/mol. The molecule has 0 radical (unpaired) electrons. The Hall–Kier alpha value is -3.21. The zero-order valence-electron chi connectivity index (χ0n) is 11.7. The van der Waals surface area contributed by atoms with Gasteiger partial charge in [-0.2, -0.15) is 5.10 Å². The molecule has 0 atom stereocenters. The molecular weight excluding hydrogens is 274 g/mol. The van der Waals surface area contributed by atoms with Gasteiger partial charge in [-0.25, -0.2) is 10.4 Å². The highest BCUT2D eigenvalue weighted by Crippen LogP contribution is 2.15. The number of H-pyrrole nitrogens is 1.